The summed E-state index contributed by atoms with van der Waals surface area (Å²) in [6.07, 6.45) is -0.152. The molecule has 220 valence electrons. The molecule has 4 aromatic carbocycles. The van der Waals surface area contributed by atoms with Gasteiger partial charge in [0.25, 0.3) is 0 Å². The molecule has 1 aliphatic rings. The fraction of sp³-hybridized carbons (Fsp3) is 0.294. The Morgan fingerprint density at radius 1 is 0.833 bits per heavy atom. The molecule has 0 radical (unpaired) electrons. The fourth-order valence-corrected chi connectivity index (χ4v) is 6.19. The third-order valence-corrected chi connectivity index (χ3v) is 9.24. The fourth-order valence-electron chi connectivity index (χ4n) is 5.15. The molecule has 4 unspecified atom stereocenters. The van der Waals surface area contributed by atoms with Crippen LogP contribution in [0.5, 0.6) is 0 Å². The maximum atomic E-state index is 12.6. The molecule has 5 rings (SSSR count). The Bertz CT molecular complexity index is 1510. The quantitative estimate of drug-likeness (QED) is 0.228. The Balaban J connectivity index is 1.30. The van der Waals surface area contributed by atoms with Gasteiger partial charge in [-0.3, -0.25) is 4.90 Å². The first kappa shape index (κ1) is 30.1. The predicted octanol–water partition coefficient (Wildman–Crippen LogP) is 5.90. The molecule has 1 aliphatic heterocycles. The first-order chi connectivity index (χ1) is 20.3. The Hall–Kier alpha value is -3.37. The van der Waals surface area contributed by atoms with E-state index in [0.717, 1.165) is 28.8 Å². The van der Waals surface area contributed by atoms with Gasteiger partial charge >= 0.3 is 0 Å². The molecule has 42 heavy (non-hydrogen) atoms. The molecule has 1 saturated heterocycles. The molecule has 0 amide bonds. The second-order valence-electron chi connectivity index (χ2n) is 10.8. The van der Waals surface area contributed by atoms with E-state index in [4.69, 9.17) is 9.47 Å². The Labute approximate surface area is 248 Å². The Morgan fingerprint density at radius 2 is 1.43 bits per heavy atom. The lowest BCUT2D eigenvalue weighted by molar-refractivity contribution is -0.253. The average molecular weight is 587 g/mol. The van der Waals surface area contributed by atoms with Gasteiger partial charge in [0.2, 0.25) is 10.0 Å². The van der Waals surface area contributed by atoms with Gasteiger partial charge in [-0.05, 0) is 48.4 Å². The van der Waals surface area contributed by atoms with E-state index in [1.807, 2.05) is 54.6 Å². The number of ether oxygens (including phenoxy) is 2. The molecular formula is C34H38N2O5S. The van der Waals surface area contributed by atoms with Crippen molar-refractivity contribution in [2.75, 3.05) is 13.6 Å². The van der Waals surface area contributed by atoms with Crippen LogP contribution in [0, 0.1) is 0 Å². The van der Waals surface area contributed by atoms with Gasteiger partial charge in [0.1, 0.15) is 0 Å². The van der Waals surface area contributed by atoms with Crippen LogP contribution in [0.15, 0.2) is 114 Å². The minimum atomic E-state index is -3.60. The summed E-state index contributed by atoms with van der Waals surface area (Å²) in [4.78, 5) is 2.54. The molecule has 0 aromatic heterocycles. The number of nitrogens with one attached hydrogen (secondary N) is 1. The smallest absolute Gasteiger partial charge is 0.240 e. The van der Waals surface area contributed by atoms with E-state index in [1.54, 1.807) is 30.3 Å². The number of sulfonamides is 1. The van der Waals surface area contributed by atoms with E-state index in [-0.39, 0.29) is 36.3 Å². The number of hydrogen-bond donors (Lipinski definition) is 2. The lowest BCUT2D eigenvalue weighted by Gasteiger charge is -2.39. The highest BCUT2D eigenvalue weighted by Crippen LogP contribution is 2.38. The standard InChI is InChI=1S/C34H38N2O5S/c1-25(28-9-5-3-6-10-28)36(2)23-31-21-33(29-17-15-27(24-37)16-18-29)41-34(40-31)30-19-13-26(14-20-30)22-35-42(38,39)32-11-7-4-8-12-32/h3-20,25,31,33-35,37H,21-24H2,1-2H3. The summed E-state index contributed by atoms with van der Waals surface area (Å²) in [6.45, 7) is 3.09. The lowest BCUT2D eigenvalue weighted by atomic mass is 9.99. The summed E-state index contributed by atoms with van der Waals surface area (Å²) in [5.41, 5.74) is 4.84. The topological polar surface area (TPSA) is 88.1 Å². The molecule has 2 N–H and O–H groups in total. The monoisotopic (exact) mass is 586 g/mol. The van der Waals surface area contributed by atoms with Crippen molar-refractivity contribution in [2.45, 2.75) is 55.9 Å². The highest BCUT2D eigenvalue weighted by molar-refractivity contribution is 7.89. The number of aliphatic hydroxyl groups excluding tert-OH is 1. The van der Waals surface area contributed by atoms with Crippen LogP contribution in [0.25, 0.3) is 0 Å². The van der Waals surface area contributed by atoms with E-state index in [9.17, 15) is 13.5 Å². The summed E-state index contributed by atoms with van der Waals surface area (Å²) >= 11 is 0. The Morgan fingerprint density at radius 3 is 2.07 bits per heavy atom. The predicted molar refractivity (Wildman–Crippen MR) is 163 cm³/mol. The van der Waals surface area contributed by atoms with Crippen LogP contribution in [0.3, 0.4) is 0 Å². The zero-order valence-corrected chi connectivity index (χ0v) is 24.8. The molecular weight excluding hydrogens is 548 g/mol. The molecule has 4 aromatic rings. The highest BCUT2D eigenvalue weighted by Gasteiger charge is 2.33. The first-order valence-corrected chi connectivity index (χ1v) is 15.7. The van der Waals surface area contributed by atoms with Crippen molar-refractivity contribution < 1.29 is 23.0 Å². The molecule has 7 nitrogen and oxygen atoms in total. The number of likely N-dealkylation sites (N-methyl/N-ethyl adjacent to an activating group) is 1. The zero-order chi connectivity index (χ0) is 29.5. The molecule has 0 aliphatic carbocycles. The van der Waals surface area contributed by atoms with Gasteiger partial charge in [0.15, 0.2) is 6.29 Å². The van der Waals surface area contributed by atoms with Crippen molar-refractivity contribution in [1.29, 1.82) is 0 Å². The van der Waals surface area contributed by atoms with E-state index in [2.05, 4.69) is 47.9 Å². The van der Waals surface area contributed by atoms with Crippen molar-refractivity contribution in [1.82, 2.24) is 9.62 Å². The van der Waals surface area contributed by atoms with Crippen LogP contribution < -0.4 is 4.72 Å². The summed E-state index contributed by atoms with van der Waals surface area (Å²) in [7, 11) is -1.48. The highest BCUT2D eigenvalue weighted by atomic mass is 32.2. The van der Waals surface area contributed by atoms with Crippen molar-refractivity contribution in [2.24, 2.45) is 0 Å². The van der Waals surface area contributed by atoms with Gasteiger partial charge in [0, 0.05) is 31.1 Å². The molecule has 1 fully saturated rings. The summed E-state index contributed by atoms with van der Waals surface area (Å²) < 4.78 is 40.9. The van der Waals surface area contributed by atoms with Crippen LogP contribution in [0.1, 0.15) is 59.6 Å². The normalized spacial score (nSPS) is 20.0. The number of hydrogen-bond acceptors (Lipinski definition) is 6. The van der Waals surface area contributed by atoms with Gasteiger partial charge < -0.3 is 14.6 Å². The Kier molecular flexibility index (Phi) is 9.84. The van der Waals surface area contributed by atoms with E-state index in [1.165, 1.54) is 5.56 Å². The average Bonchev–Trinajstić information content (AvgIpc) is 3.04. The minimum absolute atomic E-state index is 0.00378. The molecule has 0 spiro atoms. The summed E-state index contributed by atoms with van der Waals surface area (Å²) in [5.74, 6) is 0. The largest absolute Gasteiger partial charge is 0.392 e. The van der Waals surface area contributed by atoms with Gasteiger partial charge in [-0.2, -0.15) is 0 Å². The van der Waals surface area contributed by atoms with E-state index >= 15 is 0 Å². The number of nitrogens with zero attached hydrogens (tertiary/aromatic N) is 1. The second kappa shape index (κ2) is 13.7. The van der Waals surface area contributed by atoms with Crippen LogP contribution in [0.2, 0.25) is 0 Å². The van der Waals surface area contributed by atoms with Gasteiger partial charge in [0.05, 0.1) is 23.7 Å². The first-order valence-electron chi connectivity index (χ1n) is 14.2. The second-order valence-corrected chi connectivity index (χ2v) is 12.5. The van der Waals surface area contributed by atoms with Gasteiger partial charge in [-0.15, -0.1) is 0 Å². The number of aliphatic hydroxyl groups is 1. The van der Waals surface area contributed by atoms with Crippen LogP contribution >= 0.6 is 0 Å². The third-order valence-electron chi connectivity index (χ3n) is 7.82. The van der Waals surface area contributed by atoms with Crippen molar-refractivity contribution in [3.05, 3.63) is 137 Å². The van der Waals surface area contributed by atoms with Gasteiger partial charge in [-0.25, -0.2) is 13.1 Å². The molecule has 8 heteroatoms. The molecule has 0 bridgehead atoms. The lowest BCUT2D eigenvalue weighted by Crippen LogP contribution is -2.38. The van der Waals surface area contributed by atoms with Crippen molar-refractivity contribution >= 4 is 10.0 Å². The number of rotatable bonds is 11. The van der Waals surface area contributed by atoms with Crippen molar-refractivity contribution in [3.63, 3.8) is 0 Å². The van der Waals surface area contributed by atoms with E-state index < -0.39 is 16.3 Å². The maximum Gasteiger partial charge on any atom is 0.240 e. The van der Waals surface area contributed by atoms with Crippen LogP contribution in [-0.2, 0) is 32.6 Å². The van der Waals surface area contributed by atoms with Gasteiger partial charge in [-0.1, -0.05) is 97.1 Å². The van der Waals surface area contributed by atoms with Crippen LogP contribution in [0.4, 0.5) is 0 Å². The molecule has 0 saturated carbocycles. The summed E-state index contributed by atoms with van der Waals surface area (Å²) in [5, 5.41) is 9.49. The minimum Gasteiger partial charge on any atom is -0.392 e. The summed E-state index contributed by atoms with van der Waals surface area (Å²) in [6, 6.07) is 34.5. The molecule has 4 atom stereocenters. The third kappa shape index (κ3) is 7.52. The van der Waals surface area contributed by atoms with E-state index in [0.29, 0.717) is 6.42 Å². The molecule has 1 heterocycles. The maximum absolute atomic E-state index is 12.6. The number of benzene rings is 4. The van der Waals surface area contributed by atoms with Crippen LogP contribution in [-0.4, -0.2) is 38.1 Å². The zero-order valence-electron chi connectivity index (χ0n) is 24.0. The van der Waals surface area contributed by atoms with Crippen molar-refractivity contribution in [3.8, 4) is 0 Å². The SMILES string of the molecule is CC(c1ccccc1)N(C)CC1CC(c2ccc(CO)cc2)OC(c2ccc(CNS(=O)(=O)c3ccccc3)cc2)O1.